The maximum atomic E-state index is 12.0. The second-order valence-corrected chi connectivity index (χ2v) is 6.62. The van der Waals surface area contributed by atoms with Crippen LogP contribution in [0.3, 0.4) is 0 Å². The normalized spacial score (nSPS) is 32.4. The number of hydrogen-bond acceptors (Lipinski definition) is 6. The van der Waals surface area contributed by atoms with Gasteiger partial charge in [-0.3, -0.25) is 4.79 Å². The molecule has 0 aliphatic heterocycles. The largest absolute Gasteiger partial charge is 0.481 e. The molecular weight excluding hydrogens is 292 g/mol. The zero-order chi connectivity index (χ0) is 16.7. The standard InChI is InChI=1S/C14H18N2O6/c1-14(2,3)21-13(20)16-22-12(19)7-4-6(5-15)8-9(7)10(8)11(17)18/h6-10H,4H2,1-3H3,(H,16,20)(H,17,18). The first-order valence-corrected chi connectivity index (χ1v) is 6.98. The Labute approximate surface area is 127 Å². The van der Waals surface area contributed by atoms with Crippen molar-refractivity contribution in [3.63, 3.8) is 0 Å². The number of nitriles is 1. The number of carboxylic acid groups (broad SMARTS) is 1. The quantitative estimate of drug-likeness (QED) is 0.731. The minimum absolute atomic E-state index is 0.254. The van der Waals surface area contributed by atoms with Crippen molar-refractivity contribution < 1.29 is 29.1 Å². The van der Waals surface area contributed by atoms with Crippen molar-refractivity contribution in [2.75, 3.05) is 0 Å². The van der Waals surface area contributed by atoms with E-state index in [2.05, 4.69) is 4.84 Å². The Morgan fingerprint density at radius 3 is 2.41 bits per heavy atom. The van der Waals surface area contributed by atoms with E-state index in [1.165, 1.54) is 0 Å². The summed E-state index contributed by atoms with van der Waals surface area (Å²) in [6, 6.07) is 2.04. The van der Waals surface area contributed by atoms with E-state index in [1.807, 2.05) is 11.5 Å². The van der Waals surface area contributed by atoms with Gasteiger partial charge in [-0.25, -0.2) is 9.59 Å². The molecule has 0 aromatic carbocycles. The lowest BCUT2D eigenvalue weighted by Gasteiger charge is -2.20. The first kappa shape index (κ1) is 16.1. The Kier molecular flexibility index (Phi) is 4.00. The summed E-state index contributed by atoms with van der Waals surface area (Å²) >= 11 is 0. The fourth-order valence-corrected chi connectivity index (χ4v) is 3.17. The van der Waals surface area contributed by atoms with Crippen LogP contribution in [0.15, 0.2) is 0 Å². The van der Waals surface area contributed by atoms with Crippen LogP contribution >= 0.6 is 0 Å². The van der Waals surface area contributed by atoms with Crippen LogP contribution in [-0.2, 0) is 19.2 Å². The molecule has 8 heteroatoms. The molecule has 120 valence electrons. The zero-order valence-corrected chi connectivity index (χ0v) is 12.5. The molecule has 0 aromatic rings. The van der Waals surface area contributed by atoms with E-state index in [0.717, 1.165) is 0 Å². The first-order valence-electron chi connectivity index (χ1n) is 6.98. The molecule has 2 aliphatic carbocycles. The van der Waals surface area contributed by atoms with Crippen LogP contribution in [0.2, 0.25) is 0 Å². The molecule has 0 saturated heterocycles. The number of rotatable bonds is 2. The number of hydrogen-bond donors (Lipinski definition) is 2. The fraction of sp³-hybridized carbons (Fsp3) is 0.714. The molecule has 5 unspecified atom stereocenters. The van der Waals surface area contributed by atoms with Gasteiger partial charge in [0.1, 0.15) is 5.60 Å². The summed E-state index contributed by atoms with van der Waals surface area (Å²) in [6.07, 6.45) is -0.650. The van der Waals surface area contributed by atoms with E-state index in [4.69, 9.17) is 15.1 Å². The Morgan fingerprint density at radius 1 is 1.27 bits per heavy atom. The lowest BCUT2D eigenvalue weighted by molar-refractivity contribution is -0.156. The number of fused-ring (bicyclic) bond motifs is 1. The third-order valence-corrected chi connectivity index (χ3v) is 3.96. The molecule has 8 nitrogen and oxygen atoms in total. The van der Waals surface area contributed by atoms with Crippen molar-refractivity contribution in [3.05, 3.63) is 0 Å². The summed E-state index contributed by atoms with van der Waals surface area (Å²) in [5, 5.41) is 18.1. The van der Waals surface area contributed by atoms with Crippen molar-refractivity contribution in [1.82, 2.24) is 5.48 Å². The van der Waals surface area contributed by atoms with Crippen LogP contribution in [-0.4, -0.2) is 28.7 Å². The number of aliphatic carboxylic acids is 1. The molecule has 2 N–H and O–H groups in total. The highest BCUT2D eigenvalue weighted by molar-refractivity contribution is 5.81. The number of nitrogens with zero attached hydrogens (tertiary/aromatic N) is 1. The second kappa shape index (κ2) is 5.48. The summed E-state index contributed by atoms with van der Waals surface area (Å²) in [5.74, 6) is -4.28. The van der Waals surface area contributed by atoms with Gasteiger partial charge in [-0.05, 0) is 39.0 Å². The van der Waals surface area contributed by atoms with Gasteiger partial charge in [0, 0.05) is 0 Å². The number of ether oxygens (including phenoxy) is 1. The van der Waals surface area contributed by atoms with Gasteiger partial charge in [0.2, 0.25) is 0 Å². The number of amides is 1. The Bertz CT molecular complexity index is 547. The number of carbonyl (C=O) groups is 3. The lowest BCUT2D eigenvalue weighted by Crippen LogP contribution is -2.36. The van der Waals surface area contributed by atoms with Gasteiger partial charge >= 0.3 is 18.0 Å². The highest BCUT2D eigenvalue weighted by Gasteiger charge is 2.68. The van der Waals surface area contributed by atoms with Gasteiger partial charge in [0.25, 0.3) is 0 Å². The van der Waals surface area contributed by atoms with Crippen molar-refractivity contribution in [2.45, 2.75) is 32.8 Å². The van der Waals surface area contributed by atoms with Crippen LogP contribution in [0.4, 0.5) is 4.79 Å². The number of carbonyl (C=O) groups excluding carboxylic acids is 2. The van der Waals surface area contributed by atoms with Crippen LogP contribution in [0, 0.1) is 40.9 Å². The molecule has 2 rings (SSSR count). The molecule has 2 fully saturated rings. The molecular formula is C14H18N2O6. The van der Waals surface area contributed by atoms with E-state index >= 15 is 0 Å². The lowest BCUT2D eigenvalue weighted by atomic mass is 9.94. The van der Waals surface area contributed by atoms with E-state index in [1.54, 1.807) is 20.8 Å². The molecule has 5 atom stereocenters. The average molecular weight is 310 g/mol. The summed E-state index contributed by atoms with van der Waals surface area (Å²) in [5.41, 5.74) is 1.16. The third-order valence-electron chi connectivity index (χ3n) is 3.96. The molecule has 0 spiro atoms. The molecule has 2 aliphatic rings. The zero-order valence-electron chi connectivity index (χ0n) is 12.5. The Balaban J connectivity index is 1.90. The topological polar surface area (TPSA) is 126 Å². The maximum absolute atomic E-state index is 12.0. The summed E-state index contributed by atoms with van der Waals surface area (Å²) in [7, 11) is 0. The highest BCUT2D eigenvalue weighted by Crippen LogP contribution is 2.63. The summed E-state index contributed by atoms with van der Waals surface area (Å²) < 4.78 is 4.92. The predicted molar refractivity (Wildman–Crippen MR) is 70.8 cm³/mol. The fourth-order valence-electron chi connectivity index (χ4n) is 3.17. The summed E-state index contributed by atoms with van der Waals surface area (Å²) in [4.78, 5) is 39.2. The third kappa shape index (κ3) is 3.13. The van der Waals surface area contributed by atoms with Gasteiger partial charge in [-0.1, -0.05) is 0 Å². The minimum atomic E-state index is -1.01. The van der Waals surface area contributed by atoms with Gasteiger partial charge in [-0.15, -0.1) is 5.48 Å². The summed E-state index contributed by atoms with van der Waals surface area (Å²) in [6.45, 7) is 4.99. The van der Waals surface area contributed by atoms with Crippen molar-refractivity contribution in [3.8, 4) is 6.07 Å². The number of nitrogens with one attached hydrogen (secondary N) is 1. The van der Waals surface area contributed by atoms with E-state index in [0.29, 0.717) is 0 Å². The smallest absolute Gasteiger partial charge is 0.441 e. The molecule has 0 aromatic heterocycles. The molecule has 22 heavy (non-hydrogen) atoms. The molecule has 1 amide bonds. The monoisotopic (exact) mass is 310 g/mol. The second-order valence-electron chi connectivity index (χ2n) is 6.62. The van der Waals surface area contributed by atoms with E-state index < -0.39 is 47.3 Å². The van der Waals surface area contributed by atoms with Gasteiger partial charge in [0.05, 0.1) is 23.8 Å². The van der Waals surface area contributed by atoms with Crippen molar-refractivity contribution >= 4 is 18.0 Å². The van der Waals surface area contributed by atoms with Crippen LogP contribution in [0.5, 0.6) is 0 Å². The van der Waals surface area contributed by atoms with Gasteiger partial charge in [0.15, 0.2) is 0 Å². The molecule has 0 bridgehead atoms. The van der Waals surface area contributed by atoms with Crippen LogP contribution in [0.1, 0.15) is 27.2 Å². The van der Waals surface area contributed by atoms with E-state index in [-0.39, 0.29) is 12.3 Å². The first-order chi connectivity index (χ1) is 10.2. The van der Waals surface area contributed by atoms with Gasteiger partial charge < -0.3 is 14.7 Å². The van der Waals surface area contributed by atoms with Crippen molar-refractivity contribution in [1.29, 1.82) is 5.26 Å². The maximum Gasteiger partial charge on any atom is 0.441 e. The average Bonchev–Trinajstić information content (AvgIpc) is 3.01. The molecule has 2 saturated carbocycles. The van der Waals surface area contributed by atoms with Gasteiger partial charge in [-0.2, -0.15) is 5.26 Å². The van der Waals surface area contributed by atoms with Crippen LogP contribution < -0.4 is 5.48 Å². The molecule has 0 heterocycles. The number of carboxylic acids is 1. The number of hydroxylamine groups is 1. The van der Waals surface area contributed by atoms with Crippen LogP contribution in [0.25, 0.3) is 0 Å². The minimum Gasteiger partial charge on any atom is -0.481 e. The SMILES string of the molecule is CC(C)(C)OC(=O)NOC(=O)C1CC(C#N)C2C(C(=O)O)C12. The predicted octanol–water partition coefficient (Wildman–Crippen LogP) is 1.08. The highest BCUT2D eigenvalue weighted by atomic mass is 16.7. The molecule has 0 radical (unpaired) electrons. The van der Waals surface area contributed by atoms with E-state index in [9.17, 15) is 14.4 Å². The Hall–Kier alpha value is -2.30. The van der Waals surface area contributed by atoms with Crippen molar-refractivity contribution in [2.24, 2.45) is 29.6 Å². The Morgan fingerprint density at radius 2 is 1.91 bits per heavy atom.